The summed E-state index contributed by atoms with van der Waals surface area (Å²) in [7, 11) is 6.16. The standard InChI is InChI=1S/C32H34F2N6O5/c1-37(2)29(41)10-6-5-9-27(45-32(44)38(3)4)30(42)36-24-8-7-17-39(31(24)43)20-28-35-25-18-23(34)15-16-26(25)40(28)19-21-11-13-22(33)14-12-21/h6-8,10-18,27H,5,9,19-20H2,1-4H3,(H,36,42). The van der Waals surface area contributed by atoms with Gasteiger partial charge >= 0.3 is 6.09 Å². The number of ether oxygens (including phenoxy) is 1. The summed E-state index contributed by atoms with van der Waals surface area (Å²) >= 11 is 0. The van der Waals surface area contributed by atoms with Gasteiger partial charge in [0, 0.05) is 47.0 Å². The van der Waals surface area contributed by atoms with E-state index in [-0.39, 0.29) is 43.3 Å². The van der Waals surface area contributed by atoms with Crippen LogP contribution in [0, 0.1) is 11.6 Å². The number of carbonyl (C=O) groups is 3. The van der Waals surface area contributed by atoms with Crippen LogP contribution >= 0.6 is 0 Å². The topological polar surface area (TPSA) is 119 Å². The molecule has 2 heterocycles. The quantitative estimate of drug-likeness (QED) is 0.253. The number of hydrogen-bond donors (Lipinski definition) is 1. The van der Waals surface area contributed by atoms with Gasteiger partial charge < -0.3 is 29.0 Å². The van der Waals surface area contributed by atoms with Crippen molar-refractivity contribution in [3.8, 4) is 0 Å². The molecule has 13 heteroatoms. The van der Waals surface area contributed by atoms with Crippen molar-refractivity contribution in [3.63, 3.8) is 0 Å². The zero-order valence-corrected chi connectivity index (χ0v) is 25.4. The van der Waals surface area contributed by atoms with Gasteiger partial charge in [-0.3, -0.25) is 14.4 Å². The number of nitrogens with zero attached hydrogens (tertiary/aromatic N) is 5. The molecule has 0 radical (unpaired) electrons. The maximum atomic E-state index is 14.0. The van der Waals surface area contributed by atoms with Crippen molar-refractivity contribution in [1.29, 1.82) is 0 Å². The zero-order chi connectivity index (χ0) is 32.7. The number of amides is 3. The first-order valence-corrected chi connectivity index (χ1v) is 14.1. The molecule has 236 valence electrons. The van der Waals surface area contributed by atoms with Crippen molar-refractivity contribution in [2.75, 3.05) is 33.5 Å². The number of halogens is 2. The van der Waals surface area contributed by atoms with Crippen LogP contribution in [-0.4, -0.2) is 76.1 Å². The Hall–Kier alpha value is -5.33. The highest BCUT2D eigenvalue weighted by Crippen LogP contribution is 2.20. The van der Waals surface area contributed by atoms with Gasteiger partial charge in [0.15, 0.2) is 6.10 Å². The third-order valence-corrected chi connectivity index (χ3v) is 6.83. The van der Waals surface area contributed by atoms with Crippen molar-refractivity contribution in [3.05, 3.63) is 106 Å². The van der Waals surface area contributed by atoms with Gasteiger partial charge in [-0.1, -0.05) is 18.2 Å². The zero-order valence-electron chi connectivity index (χ0n) is 25.4. The van der Waals surface area contributed by atoms with Crippen molar-refractivity contribution in [1.82, 2.24) is 23.9 Å². The lowest BCUT2D eigenvalue weighted by molar-refractivity contribution is -0.125. The predicted octanol–water partition coefficient (Wildman–Crippen LogP) is 4.00. The van der Waals surface area contributed by atoms with Crippen molar-refractivity contribution >= 4 is 34.6 Å². The summed E-state index contributed by atoms with van der Waals surface area (Å²) in [6, 6.07) is 13.1. The lowest BCUT2D eigenvalue weighted by Crippen LogP contribution is -2.37. The molecule has 45 heavy (non-hydrogen) atoms. The van der Waals surface area contributed by atoms with E-state index in [0.29, 0.717) is 16.9 Å². The molecular formula is C32H34F2N6O5. The number of anilines is 1. The lowest BCUT2D eigenvalue weighted by Gasteiger charge is -2.20. The Labute approximate surface area is 258 Å². The summed E-state index contributed by atoms with van der Waals surface area (Å²) in [5.41, 5.74) is 1.18. The highest BCUT2D eigenvalue weighted by atomic mass is 19.1. The molecule has 1 unspecified atom stereocenters. The van der Waals surface area contributed by atoms with Gasteiger partial charge in [-0.2, -0.15) is 0 Å². The Morgan fingerprint density at radius 2 is 1.69 bits per heavy atom. The van der Waals surface area contributed by atoms with Crippen LogP contribution in [0.2, 0.25) is 0 Å². The summed E-state index contributed by atoms with van der Waals surface area (Å²) < 4.78 is 36.0. The van der Waals surface area contributed by atoms with Gasteiger partial charge in [-0.25, -0.2) is 18.6 Å². The Bertz CT molecular complexity index is 1780. The van der Waals surface area contributed by atoms with Gasteiger partial charge in [0.25, 0.3) is 11.5 Å². The molecule has 0 fully saturated rings. The second kappa shape index (κ2) is 14.4. The number of fused-ring (bicyclic) bond motifs is 1. The number of rotatable bonds is 11. The Morgan fingerprint density at radius 3 is 2.38 bits per heavy atom. The fourth-order valence-electron chi connectivity index (χ4n) is 4.40. The number of aromatic nitrogens is 3. The maximum absolute atomic E-state index is 14.0. The number of carbonyl (C=O) groups excluding carboxylic acids is 3. The molecule has 0 saturated carbocycles. The van der Waals surface area contributed by atoms with Crippen molar-refractivity contribution < 1.29 is 27.9 Å². The van der Waals surface area contributed by atoms with Gasteiger partial charge in [0.05, 0.1) is 17.6 Å². The van der Waals surface area contributed by atoms with E-state index in [1.165, 1.54) is 71.1 Å². The first-order chi connectivity index (χ1) is 21.4. The van der Waals surface area contributed by atoms with Crippen LogP contribution in [0.3, 0.4) is 0 Å². The second-order valence-electron chi connectivity index (χ2n) is 10.7. The third kappa shape index (κ3) is 8.40. The van der Waals surface area contributed by atoms with Crippen LogP contribution < -0.4 is 10.9 Å². The molecule has 1 atom stereocenters. The fraction of sp³-hybridized carbons (Fsp3) is 0.281. The van der Waals surface area contributed by atoms with E-state index in [9.17, 15) is 28.0 Å². The SMILES string of the molecule is CN(C)C(=O)C=CCCC(OC(=O)N(C)C)C(=O)Nc1cccn(Cc2nc3cc(F)ccc3n2Cc2ccc(F)cc2)c1=O. The molecular weight excluding hydrogens is 586 g/mol. The molecule has 0 bridgehead atoms. The highest BCUT2D eigenvalue weighted by Gasteiger charge is 2.25. The number of hydrogen-bond acceptors (Lipinski definition) is 6. The van der Waals surface area contributed by atoms with Crippen LogP contribution in [0.15, 0.2) is 77.7 Å². The van der Waals surface area contributed by atoms with Crippen LogP contribution in [0.5, 0.6) is 0 Å². The smallest absolute Gasteiger partial charge is 0.410 e. The molecule has 1 N–H and O–H groups in total. The third-order valence-electron chi connectivity index (χ3n) is 6.83. The Balaban J connectivity index is 1.58. The van der Waals surface area contributed by atoms with Crippen LogP contribution in [0.4, 0.5) is 19.3 Å². The van der Waals surface area contributed by atoms with Crippen LogP contribution in [0.25, 0.3) is 11.0 Å². The van der Waals surface area contributed by atoms with Gasteiger partial charge in [0.1, 0.15) is 23.1 Å². The molecule has 0 saturated heterocycles. The van der Waals surface area contributed by atoms with E-state index < -0.39 is 29.5 Å². The molecule has 0 aliphatic carbocycles. The molecule has 0 aliphatic rings. The Kier molecular flexibility index (Phi) is 10.4. The van der Waals surface area contributed by atoms with Crippen LogP contribution in [-0.2, 0) is 27.4 Å². The molecule has 2 aromatic heterocycles. The maximum Gasteiger partial charge on any atom is 0.410 e. The molecule has 0 spiro atoms. The molecule has 3 amide bonds. The van der Waals surface area contributed by atoms with Crippen molar-refractivity contribution in [2.45, 2.75) is 32.0 Å². The number of pyridine rings is 1. The molecule has 4 rings (SSSR count). The fourth-order valence-corrected chi connectivity index (χ4v) is 4.40. The number of nitrogens with one attached hydrogen (secondary N) is 1. The summed E-state index contributed by atoms with van der Waals surface area (Å²) in [6.07, 6.45) is 2.78. The summed E-state index contributed by atoms with van der Waals surface area (Å²) in [4.78, 5) is 57.9. The minimum Gasteiger partial charge on any atom is -0.436 e. The van der Waals surface area contributed by atoms with Gasteiger partial charge in [-0.15, -0.1) is 0 Å². The average molecular weight is 621 g/mol. The number of likely N-dealkylation sites (N-methyl/N-ethyl adjacent to an activating group) is 1. The first kappa shape index (κ1) is 32.6. The monoisotopic (exact) mass is 620 g/mol. The van der Waals surface area contributed by atoms with Gasteiger partial charge in [-0.05, 0) is 60.9 Å². The number of imidazole rings is 1. The Morgan fingerprint density at radius 1 is 0.978 bits per heavy atom. The van der Waals surface area contributed by atoms with Crippen molar-refractivity contribution in [2.24, 2.45) is 0 Å². The van der Waals surface area contributed by atoms with E-state index in [0.717, 1.165) is 5.56 Å². The van der Waals surface area contributed by atoms with E-state index in [1.807, 2.05) is 4.57 Å². The molecule has 11 nitrogen and oxygen atoms in total. The minimum absolute atomic E-state index is 0.0240. The van der Waals surface area contributed by atoms with Gasteiger partial charge in [0.2, 0.25) is 5.91 Å². The summed E-state index contributed by atoms with van der Waals surface area (Å²) in [5.74, 6) is -1.36. The number of benzene rings is 2. The first-order valence-electron chi connectivity index (χ1n) is 14.1. The highest BCUT2D eigenvalue weighted by molar-refractivity contribution is 5.95. The molecule has 2 aromatic carbocycles. The predicted molar refractivity (Wildman–Crippen MR) is 165 cm³/mol. The summed E-state index contributed by atoms with van der Waals surface area (Å²) in [6.45, 7) is 0.264. The van der Waals surface area contributed by atoms with E-state index in [4.69, 9.17) is 4.74 Å². The normalized spacial score (nSPS) is 11.9. The minimum atomic E-state index is -1.25. The van der Waals surface area contributed by atoms with E-state index in [1.54, 1.807) is 44.4 Å². The summed E-state index contributed by atoms with van der Waals surface area (Å²) in [5, 5.41) is 2.56. The molecule has 0 aliphatic heterocycles. The number of allylic oxidation sites excluding steroid dienone is 1. The van der Waals surface area contributed by atoms with Crippen LogP contribution in [0.1, 0.15) is 24.2 Å². The second-order valence-corrected chi connectivity index (χ2v) is 10.7. The largest absolute Gasteiger partial charge is 0.436 e. The van der Waals surface area contributed by atoms with E-state index in [2.05, 4.69) is 10.3 Å². The molecule has 4 aromatic rings. The average Bonchev–Trinajstić information content (AvgIpc) is 3.32. The van der Waals surface area contributed by atoms with E-state index >= 15 is 0 Å². The lowest BCUT2D eigenvalue weighted by atomic mass is 10.1.